The third-order valence-electron chi connectivity index (χ3n) is 24.6. The molecule has 10 nitrogen and oxygen atoms in total. The Hall–Kier alpha value is -3.56. The van der Waals surface area contributed by atoms with Gasteiger partial charge in [0.2, 0.25) is 0 Å². The number of Topliss-reactive ketones (excluding diaryl/α,β-unsaturated/α-hetero) is 2. The number of epoxide rings is 1. The van der Waals surface area contributed by atoms with Crippen molar-refractivity contribution in [3.05, 3.63) is 69.6 Å². The number of H-pyrrole nitrogens is 1. The molecule has 13 rings (SSSR count). The van der Waals surface area contributed by atoms with E-state index in [2.05, 4.69) is 85.0 Å². The van der Waals surface area contributed by atoms with Gasteiger partial charge < -0.3 is 39.7 Å². The Morgan fingerprint density at radius 2 is 1.63 bits per heavy atom. The van der Waals surface area contributed by atoms with Crippen molar-refractivity contribution >= 4 is 22.6 Å². The predicted octanol–water partition coefficient (Wildman–Crippen LogP) is 10.8. The number of benzene rings is 1. The first-order chi connectivity index (χ1) is 36.3. The van der Waals surface area contributed by atoms with Crippen LogP contribution in [0.25, 0.3) is 11.0 Å². The van der Waals surface area contributed by atoms with Crippen molar-refractivity contribution in [3.63, 3.8) is 0 Å². The highest BCUT2D eigenvalue weighted by Crippen LogP contribution is 2.81. The Morgan fingerprint density at radius 3 is 2.33 bits per heavy atom. The molecule has 2 saturated heterocycles. The van der Waals surface area contributed by atoms with Crippen molar-refractivity contribution in [2.24, 2.45) is 56.2 Å². The van der Waals surface area contributed by atoms with E-state index >= 15 is 9.59 Å². The molecule has 3 aliphatic heterocycles. The molecule has 5 bridgehead atoms. The summed E-state index contributed by atoms with van der Waals surface area (Å²) in [6, 6.07) is 7.58. The number of nitrogens with zero attached hydrogens (tertiary/aromatic N) is 1. The first-order valence-electron chi connectivity index (χ1n) is 30.3. The monoisotopic (exact) mass is 1040 g/mol. The number of rotatable bonds is 10. The highest BCUT2D eigenvalue weighted by molar-refractivity contribution is 6.02. The van der Waals surface area contributed by atoms with Crippen LogP contribution in [0, 0.1) is 68.0 Å². The van der Waals surface area contributed by atoms with Crippen molar-refractivity contribution in [3.8, 4) is 11.8 Å². The molecule has 5 heterocycles. The lowest BCUT2D eigenvalue weighted by atomic mass is 9.29. The number of ether oxygens (including phenoxy) is 2. The van der Waals surface area contributed by atoms with E-state index in [1.165, 1.54) is 65.4 Å². The zero-order valence-electron chi connectivity index (χ0n) is 47.1. The van der Waals surface area contributed by atoms with Crippen molar-refractivity contribution in [2.45, 2.75) is 218 Å². The normalized spacial score (nSPS) is 41.3. The largest absolute Gasteiger partial charge is 0.393 e. The molecule has 0 amide bonds. The first-order valence-corrected chi connectivity index (χ1v) is 30.3. The predicted molar refractivity (Wildman–Crippen MR) is 296 cm³/mol. The van der Waals surface area contributed by atoms with Crippen LogP contribution in [-0.4, -0.2) is 93.3 Å². The van der Waals surface area contributed by atoms with Gasteiger partial charge in [-0.2, -0.15) is 0 Å². The lowest BCUT2D eigenvalue weighted by molar-refractivity contribution is -0.266. The molecule has 5 saturated carbocycles. The number of ketones is 2. The van der Waals surface area contributed by atoms with Crippen LogP contribution in [0.15, 0.2) is 41.7 Å². The molecule has 14 atom stereocenters. The quantitative estimate of drug-likeness (QED) is 0.0996. The van der Waals surface area contributed by atoms with Crippen LogP contribution in [0.2, 0.25) is 0 Å². The fourth-order valence-electron chi connectivity index (χ4n) is 20.6. The van der Waals surface area contributed by atoms with Gasteiger partial charge in [-0.3, -0.25) is 9.59 Å². The molecular weight excluding hydrogens is 947 g/mol. The lowest BCUT2D eigenvalue weighted by Gasteiger charge is -2.74. The van der Waals surface area contributed by atoms with Crippen LogP contribution in [0.3, 0.4) is 0 Å². The summed E-state index contributed by atoms with van der Waals surface area (Å²) in [5.74, 6) is 8.40. The fourth-order valence-corrected chi connectivity index (χ4v) is 20.6. The summed E-state index contributed by atoms with van der Waals surface area (Å²) in [6.07, 6.45) is 18.6. The molecule has 410 valence electrons. The van der Waals surface area contributed by atoms with Gasteiger partial charge in [0.05, 0.1) is 34.9 Å². The maximum atomic E-state index is 16.0. The third kappa shape index (κ3) is 7.46. The first kappa shape index (κ1) is 51.9. The summed E-state index contributed by atoms with van der Waals surface area (Å²) >= 11 is 0. The van der Waals surface area contributed by atoms with Crippen LogP contribution in [0.5, 0.6) is 0 Å². The standard InChI is InChI=1S/C66H89N3O7/c1-60(2)59(76-60)50(72)33-62(4)46-15-11-12-20-66-22-17-51-61(3,23-24-67-7)52(73)35-65(21-16-47(70)32-65)64(51,6)58(66)57(74)48(53-54(62)49(71)34-63(53,66)5)38-69-37-45(55-56(69)44(31-46)36-68-55)29-39-27-42(40-13-9-8-10-14-40)30-43(28-39)41-18-25-75-26-19-41/h27-28,30,36-37,40-41,46-48,50-51,57-59,67-68,70,72,74H,8-10,13-26,29,31-35,38H2,1-7H3/t46-,47-,48-,50-,51+,57-,58-,59-,61+,62-,63+,64-,65-,66+/m1/s1. The van der Waals surface area contributed by atoms with E-state index in [0.29, 0.717) is 75.5 Å². The average Bonchev–Trinajstić information content (AvgIpc) is 3.66. The second kappa shape index (κ2) is 18.2. The van der Waals surface area contributed by atoms with Crippen LogP contribution < -0.4 is 5.32 Å². The molecule has 2 aromatic heterocycles. The number of nitrogens with one attached hydrogen (secondary N) is 2. The smallest absolute Gasteiger partial charge is 0.160 e. The van der Waals surface area contributed by atoms with Crippen LogP contribution in [0.1, 0.15) is 197 Å². The molecule has 10 aliphatic rings. The number of allylic oxidation sites excluding steroid dienone is 1. The van der Waals surface area contributed by atoms with E-state index in [0.717, 1.165) is 81.4 Å². The van der Waals surface area contributed by atoms with Crippen molar-refractivity contribution in [1.29, 1.82) is 0 Å². The topological polar surface area (TPSA) is 149 Å². The SMILES string of the molecule is CNCC[C@]1(C)C(=O)C[C@]2(CC[C@@H](O)C2)[C@]2(C)[C@H]1CC[C@]13CC#CC[C@@H]4Cc5c[nH]c6c(Cc7cc(C8CCCCC8)cc(C8CCOCC8)c7)cn(c56)C[C@H](C5=C(C(=O)C[C@@]51C)[C@]4(C)C[C@@H](O)[C@H]1OC1(C)C)[C@@H](O)[C@@H]32. The number of carbonyl (C=O) groups is 2. The van der Waals surface area contributed by atoms with E-state index in [4.69, 9.17) is 9.47 Å². The Kier molecular flexibility index (Phi) is 12.4. The second-order valence-corrected chi connectivity index (χ2v) is 28.6. The Balaban J connectivity index is 1.01. The molecule has 10 heteroatoms. The van der Waals surface area contributed by atoms with Gasteiger partial charge in [-0.25, -0.2) is 0 Å². The van der Waals surface area contributed by atoms with Gasteiger partial charge in [-0.1, -0.05) is 65.2 Å². The summed E-state index contributed by atoms with van der Waals surface area (Å²) < 4.78 is 14.6. The van der Waals surface area contributed by atoms with Crippen LogP contribution in [0.4, 0.5) is 0 Å². The molecule has 3 aromatic rings. The van der Waals surface area contributed by atoms with Crippen molar-refractivity contribution < 1.29 is 34.4 Å². The average molecular weight is 1040 g/mol. The van der Waals surface area contributed by atoms with Gasteiger partial charge in [0.25, 0.3) is 0 Å². The van der Waals surface area contributed by atoms with Gasteiger partial charge in [0.15, 0.2) is 5.78 Å². The zero-order valence-corrected chi connectivity index (χ0v) is 47.1. The highest BCUT2D eigenvalue weighted by Gasteiger charge is 2.78. The Labute approximate surface area is 452 Å². The molecule has 7 aliphatic carbocycles. The van der Waals surface area contributed by atoms with E-state index < -0.39 is 62.3 Å². The van der Waals surface area contributed by atoms with Crippen molar-refractivity contribution in [1.82, 2.24) is 14.9 Å². The van der Waals surface area contributed by atoms with Gasteiger partial charge in [-0.05, 0) is 184 Å². The van der Waals surface area contributed by atoms with Crippen LogP contribution >= 0.6 is 0 Å². The highest BCUT2D eigenvalue weighted by atomic mass is 16.6. The van der Waals surface area contributed by atoms with E-state index in [1.54, 1.807) is 0 Å². The van der Waals surface area contributed by atoms with E-state index in [1.807, 2.05) is 20.9 Å². The number of aromatic amines is 1. The van der Waals surface area contributed by atoms with Gasteiger partial charge in [0.1, 0.15) is 11.9 Å². The maximum Gasteiger partial charge on any atom is 0.160 e. The van der Waals surface area contributed by atoms with Gasteiger partial charge in [-0.15, -0.1) is 11.8 Å². The number of aliphatic hydroxyl groups is 3. The number of hydrogen-bond donors (Lipinski definition) is 5. The molecule has 2 spiro atoms. The fraction of sp³-hybridized carbons (Fsp3) is 0.727. The van der Waals surface area contributed by atoms with Gasteiger partial charge >= 0.3 is 0 Å². The number of carbonyl (C=O) groups excluding carboxylic acids is 2. The molecule has 1 aromatic carbocycles. The second-order valence-electron chi connectivity index (χ2n) is 28.6. The van der Waals surface area contributed by atoms with E-state index in [-0.39, 0.29) is 29.6 Å². The summed E-state index contributed by atoms with van der Waals surface area (Å²) in [5, 5.41) is 42.1. The third-order valence-corrected chi connectivity index (χ3v) is 24.6. The Morgan fingerprint density at radius 1 is 0.895 bits per heavy atom. The summed E-state index contributed by atoms with van der Waals surface area (Å²) in [6.45, 7) is 16.3. The maximum absolute atomic E-state index is 16.0. The molecule has 0 unspecified atom stereocenters. The Bertz CT molecular complexity index is 2890. The minimum absolute atomic E-state index is 0.0259. The number of aliphatic hydroxyl groups excluding tert-OH is 3. The summed E-state index contributed by atoms with van der Waals surface area (Å²) in [7, 11) is 1.97. The van der Waals surface area contributed by atoms with Crippen LogP contribution in [-0.2, 0) is 38.4 Å². The lowest BCUT2D eigenvalue weighted by Crippen LogP contribution is -2.73. The van der Waals surface area contributed by atoms with Gasteiger partial charge in [0, 0.05) is 92.0 Å². The number of fused-ring (bicyclic) bond motifs is 4. The van der Waals surface area contributed by atoms with Crippen molar-refractivity contribution in [2.75, 3.05) is 26.8 Å². The number of hydrogen-bond acceptors (Lipinski definition) is 8. The van der Waals surface area contributed by atoms with E-state index in [9.17, 15) is 15.3 Å². The molecule has 76 heavy (non-hydrogen) atoms. The molecule has 7 fully saturated rings. The summed E-state index contributed by atoms with van der Waals surface area (Å²) in [4.78, 5) is 35.0. The molecule has 0 radical (unpaired) electrons. The minimum atomic E-state index is -0.871. The molecular formula is C66H89N3O7. The summed E-state index contributed by atoms with van der Waals surface area (Å²) in [5.41, 5.74) is 6.89. The minimum Gasteiger partial charge on any atom is -0.393 e. The number of aromatic nitrogens is 2. The molecule has 5 N–H and O–H groups in total. The zero-order chi connectivity index (χ0) is 53.0.